The van der Waals surface area contributed by atoms with Crippen molar-refractivity contribution in [2.24, 2.45) is 0 Å². The van der Waals surface area contributed by atoms with Crippen LogP contribution in [0.4, 0.5) is 5.69 Å². The molecule has 138 valence electrons. The maximum atomic E-state index is 12.2. The van der Waals surface area contributed by atoms with Crippen molar-refractivity contribution in [1.29, 1.82) is 0 Å². The van der Waals surface area contributed by atoms with E-state index in [0.29, 0.717) is 17.9 Å². The molecule has 0 radical (unpaired) electrons. The molecule has 0 heterocycles. The topological polar surface area (TPSA) is 59.1 Å². The highest BCUT2D eigenvalue weighted by Crippen LogP contribution is 2.15. The van der Waals surface area contributed by atoms with Gasteiger partial charge in [-0.1, -0.05) is 18.2 Å². The summed E-state index contributed by atoms with van der Waals surface area (Å²) in [6.45, 7) is 0.144. The molecular weight excluding hydrogens is 332 g/mol. The van der Waals surface area contributed by atoms with Gasteiger partial charge in [0.15, 0.2) is 6.61 Å². The van der Waals surface area contributed by atoms with Gasteiger partial charge in [-0.3, -0.25) is 4.79 Å². The molecule has 0 fully saturated rings. The van der Waals surface area contributed by atoms with Crippen molar-refractivity contribution in [3.05, 3.63) is 59.7 Å². The summed E-state index contributed by atoms with van der Waals surface area (Å²) in [6.07, 6.45) is 0. The van der Waals surface area contributed by atoms with Crippen molar-refractivity contribution >= 4 is 17.6 Å². The van der Waals surface area contributed by atoms with Crippen molar-refractivity contribution < 1.29 is 19.1 Å². The van der Waals surface area contributed by atoms with Crippen LogP contribution in [0.25, 0.3) is 0 Å². The SMILES string of the molecule is COc1cccc(C(=O)OCC(=O)N(C)Cc2ccc(N(C)C)cc2)c1. The minimum Gasteiger partial charge on any atom is -0.497 e. The van der Waals surface area contributed by atoms with Crippen molar-refractivity contribution in [2.45, 2.75) is 6.54 Å². The van der Waals surface area contributed by atoms with Crippen molar-refractivity contribution in [2.75, 3.05) is 39.8 Å². The van der Waals surface area contributed by atoms with E-state index in [9.17, 15) is 9.59 Å². The third kappa shape index (κ3) is 5.24. The standard InChI is InChI=1S/C20H24N2O4/c1-21(2)17-10-8-15(9-11-17)13-22(3)19(23)14-26-20(24)16-6-5-7-18(12-16)25-4/h5-12H,13-14H2,1-4H3. The molecule has 0 aliphatic rings. The summed E-state index contributed by atoms with van der Waals surface area (Å²) in [4.78, 5) is 27.8. The summed E-state index contributed by atoms with van der Waals surface area (Å²) >= 11 is 0. The lowest BCUT2D eigenvalue weighted by molar-refractivity contribution is -0.133. The number of methoxy groups -OCH3 is 1. The molecule has 1 amide bonds. The highest BCUT2D eigenvalue weighted by atomic mass is 16.5. The van der Waals surface area contributed by atoms with E-state index in [2.05, 4.69) is 0 Å². The maximum absolute atomic E-state index is 12.2. The van der Waals surface area contributed by atoms with E-state index in [1.54, 1.807) is 31.3 Å². The Balaban J connectivity index is 1.87. The molecule has 2 aromatic rings. The highest BCUT2D eigenvalue weighted by Gasteiger charge is 2.14. The van der Waals surface area contributed by atoms with Crippen molar-refractivity contribution in [1.82, 2.24) is 4.90 Å². The average molecular weight is 356 g/mol. The van der Waals surface area contributed by atoms with Gasteiger partial charge in [-0.25, -0.2) is 4.79 Å². The Morgan fingerprint density at radius 1 is 1.00 bits per heavy atom. The van der Waals surface area contributed by atoms with Gasteiger partial charge in [0.25, 0.3) is 5.91 Å². The van der Waals surface area contributed by atoms with E-state index in [-0.39, 0.29) is 12.5 Å². The Morgan fingerprint density at radius 3 is 2.31 bits per heavy atom. The summed E-state index contributed by atoms with van der Waals surface area (Å²) < 4.78 is 10.2. The smallest absolute Gasteiger partial charge is 0.338 e. The number of anilines is 1. The molecule has 0 bridgehead atoms. The summed E-state index contributed by atoms with van der Waals surface area (Å²) in [5.74, 6) is -0.261. The Morgan fingerprint density at radius 2 is 1.69 bits per heavy atom. The number of benzene rings is 2. The predicted octanol–water partition coefficient (Wildman–Crippen LogP) is 2.58. The zero-order valence-corrected chi connectivity index (χ0v) is 15.6. The predicted molar refractivity (Wildman–Crippen MR) is 101 cm³/mol. The molecule has 26 heavy (non-hydrogen) atoms. The number of ether oxygens (including phenoxy) is 2. The lowest BCUT2D eigenvalue weighted by Gasteiger charge is -2.18. The van der Waals surface area contributed by atoms with Crippen LogP contribution < -0.4 is 9.64 Å². The van der Waals surface area contributed by atoms with Crippen molar-refractivity contribution in [3.63, 3.8) is 0 Å². The molecular formula is C20H24N2O4. The molecule has 0 atom stereocenters. The first-order valence-corrected chi connectivity index (χ1v) is 8.22. The third-order valence-corrected chi connectivity index (χ3v) is 3.93. The fraction of sp³-hybridized carbons (Fsp3) is 0.300. The van der Waals surface area contributed by atoms with E-state index in [1.807, 2.05) is 43.3 Å². The van der Waals surface area contributed by atoms with Crippen LogP contribution in [0.5, 0.6) is 5.75 Å². The molecule has 0 unspecified atom stereocenters. The molecule has 0 N–H and O–H groups in total. The number of rotatable bonds is 7. The largest absolute Gasteiger partial charge is 0.497 e. The van der Waals surface area contributed by atoms with Crippen LogP contribution in [-0.2, 0) is 16.1 Å². The Bertz CT molecular complexity index is 757. The van der Waals surface area contributed by atoms with Gasteiger partial charge in [0.2, 0.25) is 0 Å². The van der Waals surface area contributed by atoms with Gasteiger partial charge in [0.05, 0.1) is 12.7 Å². The van der Waals surface area contributed by atoms with Gasteiger partial charge in [0, 0.05) is 33.4 Å². The minimum absolute atomic E-state index is 0.266. The van der Waals surface area contributed by atoms with Gasteiger partial charge in [-0.05, 0) is 35.9 Å². The molecule has 2 aromatic carbocycles. The summed E-state index contributed by atoms with van der Waals surface area (Å²) in [7, 11) is 7.15. The minimum atomic E-state index is -0.555. The molecule has 0 aliphatic carbocycles. The summed E-state index contributed by atoms with van der Waals surface area (Å²) in [6, 6.07) is 14.6. The number of hydrogen-bond donors (Lipinski definition) is 0. The molecule has 0 spiro atoms. The fourth-order valence-corrected chi connectivity index (χ4v) is 2.33. The number of carbonyl (C=O) groups excluding carboxylic acids is 2. The second-order valence-corrected chi connectivity index (χ2v) is 6.12. The van der Waals surface area contributed by atoms with Gasteiger partial charge in [-0.2, -0.15) is 0 Å². The molecule has 6 heteroatoms. The number of carbonyl (C=O) groups is 2. The zero-order valence-electron chi connectivity index (χ0n) is 15.6. The van der Waals surface area contributed by atoms with Gasteiger partial charge in [0.1, 0.15) is 5.75 Å². The van der Waals surface area contributed by atoms with Crippen LogP contribution in [0.3, 0.4) is 0 Å². The van der Waals surface area contributed by atoms with E-state index in [0.717, 1.165) is 11.3 Å². The number of amides is 1. The monoisotopic (exact) mass is 356 g/mol. The van der Waals surface area contributed by atoms with Crippen LogP contribution in [0.2, 0.25) is 0 Å². The first-order chi connectivity index (χ1) is 12.4. The van der Waals surface area contributed by atoms with E-state index in [1.165, 1.54) is 12.0 Å². The average Bonchev–Trinajstić information content (AvgIpc) is 2.66. The molecule has 0 aliphatic heterocycles. The third-order valence-electron chi connectivity index (χ3n) is 3.93. The van der Waals surface area contributed by atoms with E-state index >= 15 is 0 Å². The van der Waals surface area contributed by atoms with Crippen molar-refractivity contribution in [3.8, 4) is 5.75 Å². The first-order valence-electron chi connectivity index (χ1n) is 8.22. The normalized spacial score (nSPS) is 10.2. The number of hydrogen-bond acceptors (Lipinski definition) is 5. The Labute approximate surface area is 153 Å². The van der Waals surface area contributed by atoms with Gasteiger partial charge < -0.3 is 19.3 Å². The second kappa shape index (κ2) is 8.89. The van der Waals surface area contributed by atoms with Crippen LogP contribution in [0.15, 0.2) is 48.5 Å². The number of likely N-dealkylation sites (N-methyl/N-ethyl adjacent to an activating group) is 1. The molecule has 0 saturated carbocycles. The quantitative estimate of drug-likeness (QED) is 0.714. The Hall–Kier alpha value is -3.02. The van der Waals surface area contributed by atoms with Crippen LogP contribution in [0.1, 0.15) is 15.9 Å². The lowest BCUT2D eigenvalue weighted by atomic mass is 10.2. The molecule has 6 nitrogen and oxygen atoms in total. The maximum Gasteiger partial charge on any atom is 0.338 e. The Kier molecular flexibility index (Phi) is 6.60. The van der Waals surface area contributed by atoms with Gasteiger partial charge >= 0.3 is 5.97 Å². The second-order valence-electron chi connectivity index (χ2n) is 6.12. The van der Waals surface area contributed by atoms with Gasteiger partial charge in [-0.15, -0.1) is 0 Å². The van der Waals surface area contributed by atoms with E-state index in [4.69, 9.17) is 9.47 Å². The van der Waals surface area contributed by atoms with Crippen LogP contribution in [0, 0.1) is 0 Å². The molecule has 0 aromatic heterocycles. The summed E-state index contributed by atoms with van der Waals surface area (Å²) in [5.41, 5.74) is 2.44. The van der Waals surface area contributed by atoms with E-state index < -0.39 is 5.97 Å². The zero-order chi connectivity index (χ0) is 19.1. The van der Waals surface area contributed by atoms with Crippen LogP contribution in [-0.4, -0.2) is 51.6 Å². The highest BCUT2D eigenvalue weighted by molar-refractivity contribution is 5.91. The lowest BCUT2D eigenvalue weighted by Crippen LogP contribution is -2.30. The number of nitrogens with zero attached hydrogens (tertiary/aromatic N) is 2. The summed E-state index contributed by atoms with van der Waals surface area (Å²) in [5, 5.41) is 0. The fourth-order valence-electron chi connectivity index (χ4n) is 2.33. The number of esters is 1. The molecule has 0 saturated heterocycles. The van der Waals surface area contributed by atoms with Crippen LogP contribution >= 0.6 is 0 Å². The first kappa shape index (κ1) is 19.3. The molecule has 2 rings (SSSR count).